The molecule has 0 atom stereocenters. The summed E-state index contributed by atoms with van der Waals surface area (Å²) in [6, 6.07) is 8.44. The number of fused-ring (bicyclic) bond motifs is 1. The van der Waals surface area contributed by atoms with Crippen molar-refractivity contribution in [3.05, 3.63) is 71.9 Å². The first-order valence-electron chi connectivity index (χ1n) is 11.8. The lowest BCUT2D eigenvalue weighted by Gasteiger charge is -2.26. The molecule has 0 radical (unpaired) electrons. The van der Waals surface area contributed by atoms with E-state index in [2.05, 4.69) is 25.3 Å². The molecule has 5 rings (SSSR count). The van der Waals surface area contributed by atoms with E-state index in [9.17, 15) is 34.8 Å². The molecular formula is C25H20F6N6O2S. The van der Waals surface area contributed by atoms with Crippen LogP contribution in [0.15, 0.2) is 54.9 Å². The molecule has 4 heterocycles. The lowest BCUT2D eigenvalue weighted by atomic mass is 10.0. The zero-order valence-electron chi connectivity index (χ0n) is 20.5. The van der Waals surface area contributed by atoms with Crippen molar-refractivity contribution < 1.29 is 34.8 Å². The van der Waals surface area contributed by atoms with E-state index < -0.39 is 33.4 Å². The van der Waals surface area contributed by atoms with Gasteiger partial charge < -0.3 is 5.32 Å². The van der Waals surface area contributed by atoms with Gasteiger partial charge in [0.1, 0.15) is 17.3 Å². The minimum atomic E-state index is -4.65. The Balaban J connectivity index is 1.56. The van der Waals surface area contributed by atoms with Gasteiger partial charge in [0.15, 0.2) is 9.84 Å². The highest BCUT2D eigenvalue weighted by Crippen LogP contribution is 2.37. The summed E-state index contributed by atoms with van der Waals surface area (Å²) in [4.78, 5) is 18.2. The predicted molar refractivity (Wildman–Crippen MR) is 134 cm³/mol. The standard InChI is InChI=1S/C25H20F6N6O2S/c26-24(27,28)18-2-1-7-32-22(18)15-3-5-17-19(12-15)35-21(14-37-8-10-40(38,39)11-9-37)36-23(17)34-16-4-6-20(33-13-16)25(29,30)31/h1-7,12-13H,8-11,14H2,(H,34,35,36). The second kappa shape index (κ2) is 10.3. The van der Waals surface area contributed by atoms with Crippen LogP contribution in [0.3, 0.4) is 0 Å². The molecule has 0 bridgehead atoms. The molecule has 1 fully saturated rings. The third-order valence-corrected chi connectivity index (χ3v) is 7.86. The van der Waals surface area contributed by atoms with E-state index >= 15 is 0 Å². The predicted octanol–water partition coefficient (Wildman–Crippen LogP) is 5.10. The van der Waals surface area contributed by atoms with E-state index in [0.29, 0.717) is 5.39 Å². The molecule has 15 heteroatoms. The molecule has 1 saturated heterocycles. The van der Waals surface area contributed by atoms with Crippen LogP contribution in [0.2, 0.25) is 0 Å². The minimum Gasteiger partial charge on any atom is -0.338 e. The Morgan fingerprint density at radius 3 is 2.30 bits per heavy atom. The van der Waals surface area contributed by atoms with Crippen LogP contribution in [0, 0.1) is 0 Å². The normalized spacial score (nSPS) is 16.2. The highest BCUT2D eigenvalue weighted by molar-refractivity contribution is 7.91. The quantitative estimate of drug-likeness (QED) is 0.325. The fourth-order valence-corrected chi connectivity index (χ4v) is 5.51. The van der Waals surface area contributed by atoms with Crippen LogP contribution in [-0.4, -0.2) is 57.8 Å². The molecule has 0 aliphatic carbocycles. The number of anilines is 2. The molecule has 3 aromatic heterocycles. The van der Waals surface area contributed by atoms with Crippen molar-refractivity contribution in [1.29, 1.82) is 0 Å². The maximum atomic E-state index is 13.6. The molecule has 0 amide bonds. The third kappa shape index (κ3) is 6.14. The van der Waals surface area contributed by atoms with Gasteiger partial charge in [-0.25, -0.2) is 23.4 Å². The highest BCUT2D eigenvalue weighted by Gasteiger charge is 2.34. The molecule has 1 aliphatic heterocycles. The van der Waals surface area contributed by atoms with Crippen molar-refractivity contribution in [2.24, 2.45) is 0 Å². The Morgan fingerprint density at radius 1 is 0.900 bits per heavy atom. The van der Waals surface area contributed by atoms with Gasteiger partial charge in [0.2, 0.25) is 0 Å². The molecule has 0 unspecified atom stereocenters. The monoisotopic (exact) mass is 582 g/mol. The molecule has 0 spiro atoms. The summed E-state index contributed by atoms with van der Waals surface area (Å²) in [5, 5.41) is 3.31. The van der Waals surface area contributed by atoms with Gasteiger partial charge in [-0.3, -0.25) is 9.88 Å². The van der Waals surface area contributed by atoms with Gasteiger partial charge in [-0.1, -0.05) is 6.07 Å². The van der Waals surface area contributed by atoms with Crippen molar-refractivity contribution in [3.63, 3.8) is 0 Å². The molecule has 8 nitrogen and oxygen atoms in total. The average Bonchev–Trinajstić information content (AvgIpc) is 2.89. The number of aromatic nitrogens is 4. The zero-order chi connectivity index (χ0) is 28.7. The number of rotatable bonds is 5. The number of nitrogens with one attached hydrogen (secondary N) is 1. The highest BCUT2D eigenvalue weighted by atomic mass is 32.2. The Hall–Kier alpha value is -3.85. The molecule has 4 aromatic rings. The van der Waals surface area contributed by atoms with Gasteiger partial charge in [-0.2, -0.15) is 26.3 Å². The number of alkyl halides is 6. The number of nitrogens with zero attached hydrogens (tertiary/aromatic N) is 5. The molecule has 1 aromatic carbocycles. The summed E-state index contributed by atoms with van der Waals surface area (Å²) in [6.45, 7) is 0.642. The maximum absolute atomic E-state index is 13.6. The van der Waals surface area contributed by atoms with E-state index in [-0.39, 0.29) is 65.2 Å². The molecular weight excluding hydrogens is 562 g/mol. The Labute approximate surface area is 224 Å². The summed E-state index contributed by atoms with van der Waals surface area (Å²) >= 11 is 0. The van der Waals surface area contributed by atoms with Crippen LogP contribution < -0.4 is 5.32 Å². The molecule has 210 valence electrons. The van der Waals surface area contributed by atoms with Gasteiger partial charge in [-0.15, -0.1) is 0 Å². The van der Waals surface area contributed by atoms with Gasteiger partial charge in [0.25, 0.3) is 0 Å². The van der Waals surface area contributed by atoms with Gasteiger partial charge in [0.05, 0.1) is 46.7 Å². The van der Waals surface area contributed by atoms with E-state index in [0.717, 1.165) is 18.3 Å². The molecule has 40 heavy (non-hydrogen) atoms. The number of sulfone groups is 1. The minimum absolute atomic E-state index is 0.0348. The number of pyridine rings is 2. The fraction of sp³-hybridized carbons (Fsp3) is 0.280. The summed E-state index contributed by atoms with van der Waals surface area (Å²) in [5.74, 6) is 0.359. The Morgan fingerprint density at radius 2 is 1.65 bits per heavy atom. The summed E-state index contributed by atoms with van der Waals surface area (Å²) in [7, 11) is -3.14. The Bertz CT molecular complexity index is 1650. The summed E-state index contributed by atoms with van der Waals surface area (Å²) in [6.07, 6.45) is -7.03. The van der Waals surface area contributed by atoms with Crippen LogP contribution in [-0.2, 0) is 28.7 Å². The smallest absolute Gasteiger partial charge is 0.338 e. The molecule has 1 aliphatic rings. The SMILES string of the molecule is O=S1(=O)CCN(Cc2nc(Nc3ccc(C(F)(F)F)nc3)c3ccc(-c4ncccc4C(F)(F)F)cc3n2)CC1. The van der Waals surface area contributed by atoms with Crippen LogP contribution in [0.25, 0.3) is 22.2 Å². The van der Waals surface area contributed by atoms with E-state index in [1.54, 1.807) is 0 Å². The maximum Gasteiger partial charge on any atom is 0.433 e. The first kappa shape index (κ1) is 27.7. The van der Waals surface area contributed by atoms with Crippen LogP contribution in [0.4, 0.5) is 37.8 Å². The Kier molecular flexibility index (Phi) is 7.12. The van der Waals surface area contributed by atoms with Crippen molar-refractivity contribution in [2.45, 2.75) is 18.9 Å². The van der Waals surface area contributed by atoms with Crippen LogP contribution >= 0.6 is 0 Å². The number of halogens is 6. The first-order chi connectivity index (χ1) is 18.8. The second-order valence-corrected chi connectivity index (χ2v) is 11.4. The topological polar surface area (TPSA) is 101 Å². The fourth-order valence-electron chi connectivity index (χ4n) is 4.24. The number of hydrogen-bond acceptors (Lipinski definition) is 8. The first-order valence-corrected chi connectivity index (χ1v) is 13.7. The summed E-state index contributed by atoms with van der Waals surface area (Å²) in [5.41, 5.74) is -1.69. The van der Waals surface area contributed by atoms with Crippen molar-refractivity contribution in [3.8, 4) is 11.3 Å². The third-order valence-electron chi connectivity index (χ3n) is 6.25. The molecule has 0 saturated carbocycles. The average molecular weight is 583 g/mol. The van der Waals surface area contributed by atoms with Gasteiger partial charge in [-0.05, 0) is 36.4 Å². The van der Waals surface area contributed by atoms with Crippen molar-refractivity contribution >= 4 is 32.2 Å². The van der Waals surface area contributed by atoms with E-state index in [1.807, 2.05) is 4.90 Å². The van der Waals surface area contributed by atoms with Crippen LogP contribution in [0.1, 0.15) is 17.1 Å². The van der Waals surface area contributed by atoms with Gasteiger partial charge >= 0.3 is 12.4 Å². The number of benzene rings is 1. The number of hydrogen-bond donors (Lipinski definition) is 1. The van der Waals surface area contributed by atoms with E-state index in [4.69, 9.17) is 0 Å². The summed E-state index contributed by atoms with van der Waals surface area (Å²) < 4.78 is 103. The van der Waals surface area contributed by atoms with E-state index in [1.165, 1.54) is 36.5 Å². The zero-order valence-corrected chi connectivity index (χ0v) is 21.3. The van der Waals surface area contributed by atoms with Crippen molar-refractivity contribution in [2.75, 3.05) is 29.9 Å². The van der Waals surface area contributed by atoms with Crippen LogP contribution in [0.5, 0.6) is 0 Å². The second-order valence-electron chi connectivity index (χ2n) is 9.10. The van der Waals surface area contributed by atoms with Gasteiger partial charge in [0, 0.05) is 30.2 Å². The largest absolute Gasteiger partial charge is 0.433 e. The lowest BCUT2D eigenvalue weighted by Crippen LogP contribution is -2.40. The lowest BCUT2D eigenvalue weighted by molar-refractivity contribution is -0.141. The molecule has 1 N–H and O–H groups in total. The van der Waals surface area contributed by atoms with Crippen molar-refractivity contribution in [1.82, 2.24) is 24.8 Å².